The Morgan fingerprint density at radius 1 is 1.39 bits per heavy atom. The molecule has 0 saturated heterocycles. The molecule has 0 aromatic heterocycles. The largest absolute Gasteiger partial charge is 0.480 e. The van der Waals surface area contributed by atoms with Crippen molar-refractivity contribution in [2.24, 2.45) is 5.73 Å². The molecule has 0 spiro atoms. The molecular weight excluding hydrogens is 234 g/mol. The minimum Gasteiger partial charge on any atom is -0.480 e. The van der Waals surface area contributed by atoms with Crippen LogP contribution in [0.5, 0.6) is 11.5 Å². The van der Waals surface area contributed by atoms with E-state index < -0.39 is 17.8 Å². The summed E-state index contributed by atoms with van der Waals surface area (Å²) in [5, 5.41) is 8.83. The van der Waals surface area contributed by atoms with Crippen molar-refractivity contribution in [3.8, 4) is 11.5 Å². The number of benzene rings is 1. The van der Waals surface area contributed by atoms with Crippen LogP contribution in [0.3, 0.4) is 0 Å². The number of fused-ring (bicyclic) bond motifs is 1. The van der Waals surface area contributed by atoms with Crippen molar-refractivity contribution in [1.82, 2.24) is 0 Å². The van der Waals surface area contributed by atoms with Gasteiger partial charge in [-0.25, -0.2) is 0 Å². The molecule has 3 N–H and O–H groups in total. The molecule has 0 saturated carbocycles. The fourth-order valence-corrected chi connectivity index (χ4v) is 1.96. The summed E-state index contributed by atoms with van der Waals surface area (Å²) < 4.78 is 11.2. The number of rotatable bonds is 3. The number of aryl methyl sites for hydroxylation is 1. The zero-order valence-corrected chi connectivity index (χ0v) is 10.7. The quantitative estimate of drug-likeness (QED) is 0.849. The molecule has 1 aliphatic heterocycles. The van der Waals surface area contributed by atoms with Crippen LogP contribution in [0.4, 0.5) is 0 Å². The van der Waals surface area contributed by atoms with Gasteiger partial charge in [-0.3, -0.25) is 4.79 Å². The van der Waals surface area contributed by atoms with Gasteiger partial charge in [0.25, 0.3) is 0 Å². The van der Waals surface area contributed by atoms with E-state index in [0.717, 1.165) is 11.1 Å². The zero-order chi connectivity index (χ0) is 13.5. The summed E-state index contributed by atoms with van der Waals surface area (Å²) in [6.45, 7) is 5.55. The van der Waals surface area contributed by atoms with E-state index in [9.17, 15) is 4.79 Å². The van der Waals surface area contributed by atoms with Crippen LogP contribution in [0.2, 0.25) is 0 Å². The Morgan fingerprint density at radius 3 is 2.50 bits per heavy atom. The van der Waals surface area contributed by atoms with Crippen molar-refractivity contribution in [3.05, 3.63) is 23.3 Å². The van der Waals surface area contributed by atoms with Crippen LogP contribution < -0.4 is 15.2 Å². The smallest absolute Gasteiger partial charge is 0.320 e. The molecule has 1 unspecified atom stereocenters. The monoisotopic (exact) mass is 251 g/mol. The Bertz CT molecular complexity index is 496. The number of aliphatic carboxylic acids is 1. The van der Waals surface area contributed by atoms with Gasteiger partial charge in [0.1, 0.15) is 6.04 Å². The molecule has 0 aliphatic carbocycles. The first-order valence-corrected chi connectivity index (χ1v) is 5.78. The standard InChI is InChI=1S/C13H17NO4/c1-7-4-10-11(18-13(2,3)17-10)6-8(7)5-9(14)12(15)16/h4,6,9H,5,14H2,1-3H3,(H,15,16). The van der Waals surface area contributed by atoms with Gasteiger partial charge in [-0.05, 0) is 36.6 Å². The lowest BCUT2D eigenvalue weighted by atomic mass is 10.0. The number of hydrogen-bond acceptors (Lipinski definition) is 4. The Morgan fingerprint density at radius 2 is 1.94 bits per heavy atom. The van der Waals surface area contributed by atoms with Crippen LogP contribution >= 0.6 is 0 Å². The molecule has 2 rings (SSSR count). The van der Waals surface area contributed by atoms with Crippen LogP contribution in [0.15, 0.2) is 12.1 Å². The van der Waals surface area contributed by atoms with Crippen LogP contribution in [0.1, 0.15) is 25.0 Å². The molecule has 1 aliphatic rings. The van der Waals surface area contributed by atoms with Crippen LogP contribution in [-0.4, -0.2) is 22.9 Å². The van der Waals surface area contributed by atoms with E-state index in [2.05, 4.69) is 0 Å². The van der Waals surface area contributed by atoms with Crippen molar-refractivity contribution >= 4 is 5.97 Å². The van der Waals surface area contributed by atoms with E-state index in [1.807, 2.05) is 32.9 Å². The normalized spacial score (nSPS) is 17.6. The molecule has 5 nitrogen and oxygen atoms in total. The van der Waals surface area contributed by atoms with Crippen molar-refractivity contribution in [1.29, 1.82) is 0 Å². The lowest BCUT2D eigenvalue weighted by Gasteiger charge is -2.16. The highest BCUT2D eigenvalue weighted by molar-refractivity contribution is 5.73. The zero-order valence-electron chi connectivity index (χ0n) is 10.7. The van der Waals surface area contributed by atoms with Crippen molar-refractivity contribution in [3.63, 3.8) is 0 Å². The maximum absolute atomic E-state index is 10.8. The molecule has 0 radical (unpaired) electrons. The fourth-order valence-electron chi connectivity index (χ4n) is 1.96. The van der Waals surface area contributed by atoms with Crippen molar-refractivity contribution in [2.75, 3.05) is 0 Å². The number of carboxylic acid groups (broad SMARTS) is 1. The van der Waals surface area contributed by atoms with Gasteiger partial charge in [0.15, 0.2) is 11.5 Å². The third-order valence-corrected chi connectivity index (χ3v) is 2.87. The molecule has 0 fully saturated rings. The summed E-state index contributed by atoms with van der Waals surface area (Å²) in [7, 11) is 0. The van der Waals surface area contributed by atoms with Gasteiger partial charge in [0, 0.05) is 13.8 Å². The lowest BCUT2D eigenvalue weighted by Crippen LogP contribution is -2.32. The van der Waals surface area contributed by atoms with Gasteiger partial charge in [-0.2, -0.15) is 0 Å². The number of carbonyl (C=O) groups is 1. The van der Waals surface area contributed by atoms with Gasteiger partial charge < -0.3 is 20.3 Å². The van der Waals surface area contributed by atoms with Crippen LogP contribution in [0.25, 0.3) is 0 Å². The molecule has 98 valence electrons. The molecule has 5 heteroatoms. The van der Waals surface area contributed by atoms with Gasteiger partial charge in [-0.15, -0.1) is 0 Å². The molecule has 1 aromatic carbocycles. The number of nitrogens with two attached hydrogens (primary N) is 1. The average molecular weight is 251 g/mol. The first kappa shape index (κ1) is 12.7. The van der Waals surface area contributed by atoms with E-state index in [1.54, 1.807) is 0 Å². The second-order valence-electron chi connectivity index (χ2n) is 4.98. The molecule has 0 bridgehead atoms. The minimum atomic E-state index is -1.01. The topological polar surface area (TPSA) is 81.8 Å². The SMILES string of the molecule is Cc1cc2c(cc1CC(N)C(=O)O)OC(C)(C)O2. The van der Waals surface area contributed by atoms with E-state index in [-0.39, 0.29) is 6.42 Å². The molecular formula is C13H17NO4. The Balaban J connectivity index is 2.28. The summed E-state index contributed by atoms with van der Waals surface area (Å²) in [4.78, 5) is 10.8. The van der Waals surface area contributed by atoms with E-state index in [0.29, 0.717) is 11.5 Å². The summed E-state index contributed by atoms with van der Waals surface area (Å²) in [6.07, 6.45) is 0.276. The van der Waals surface area contributed by atoms with Gasteiger partial charge >= 0.3 is 5.97 Å². The maximum Gasteiger partial charge on any atom is 0.320 e. The molecule has 0 amide bonds. The number of hydrogen-bond donors (Lipinski definition) is 2. The Kier molecular flexibility index (Phi) is 2.94. The predicted molar refractivity (Wildman–Crippen MR) is 65.8 cm³/mol. The molecule has 1 heterocycles. The van der Waals surface area contributed by atoms with E-state index in [4.69, 9.17) is 20.3 Å². The van der Waals surface area contributed by atoms with Crippen LogP contribution in [0, 0.1) is 6.92 Å². The first-order chi connectivity index (χ1) is 8.28. The summed E-state index contributed by atoms with van der Waals surface area (Å²) in [6, 6.07) is 2.76. The molecule has 1 aromatic rings. The lowest BCUT2D eigenvalue weighted by molar-refractivity contribution is -0.138. The van der Waals surface area contributed by atoms with Crippen LogP contribution in [-0.2, 0) is 11.2 Å². The number of ether oxygens (including phenoxy) is 2. The summed E-state index contributed by atoms with van der Waals surface area (Å²) in [5.74, 6) is -0.363. The highest BCUT2D eigenvalue weighted by Crippen LogP contribution is 2.41. The number of carboxylic acids is 1. The average Bonchev–Trinajstić information content (AvgIpc) is 2.51. The second-order valence-corrected chi connectivity index (χ2v) is 4.98. The summed E-state index contributed by atoms with van der Waals surface area (Å²) in [5.41, 5.74) is 7.36. The third-order valence-electron chi connectivity index (χ3n) is 2.87. The highest BCUT2D eigenvalue weighted by Gasteiger charge is 2.32. The second kappa shape index (κ2) is 4.17. The van der Waals surface area contributed by atoms with Gasteiger partial charge in [0.05, 0.1) is 0 Å². The maximum atomic E-state index is 10.8. The van der Waals surface area contributed by atoms with Crippen molar-refractivity contribution in [2.45, 2.75) is 39.0 Å². The minimum absolute atomic E-state index is 0.276. The van der Waals surface area contributed by atoms with Gasteiger partial charge in [0.2, 0.25) is 5.79 Å². The molecule has 1 atom stereocenters. The van der Waals surface area contributed by atoms with E-state index >= 15 is 0 Å². The summed E-state index contributed by atoms with van der Waals surface area (Å²) >= 11 is 0. The molecule has 18 heavy (non-hydrogen) atoms. The van der Waals surface area contributed by atoms with Gasteiger partial charge in [-0.1, -0.05) is 0 Å². The highest BCUT2D eigenvalue weighted by atomic mass is 16.7. The van der Waals surface area contributed by atoms with Crippen molar-refractivity contribution < 1.29 is 19.4 Å². The van der Waals surface area contributed by atoms with E-state index in [1.165, 1.54) is 0 Å². The Labute approximate surface area is 106 Å². The first-order valence-electron chi connectivity index (χ1n) is 5.78. The third kappa shape index (κ3) is 2.41. The Hall–Kier alpha value is -1.75. The predicted octanol–water partition coefficient (Wildman–Crippen LogP) is 1.46. The fraction of sp³-hybridized carbons (Fsp3) is 0.462.